The fraction of sp³-hybridized carbons (Fsp3) is 0.462. The number of hydrogen-bond donors (Lipinski definition) is 2. The summed E-state index contributed by atoms with van der Waals surface area (Å²) in [5.41, 5.74) is 1.14. The number of methoxy groups -OCH3 is 1. The monoisotopic (exact) mass is 261 g/mol. The Morgan fingerprint density at radius 2 is 2.16 bits per heavy atom. The first kappa shape index (κ1) is 13.5. The van der Waals surface area contributed by atoms with Crippen LogP contribution in [0.15, 0.2) is 24.3 Å². The Bertz CT molecular complexity index is 499. The molecular formula is C13H19N5O. The number of para-hydroxylation sites is 1. The number of H-pyrrole nitrogens is 1. The van der Waals surface area contributed by atoms with E-state index in [9.17, 15) is 0 Å². The maximum atomic E-state index is 5.41. The molecule has 2 rings (SSSR count). The lowest BCUT2D eigenvalue weighted by atomic mass is 10.0. The third-order valence-electron chi connectivity index (χ3n) is 3.12. The Labute approximate surface area is 112 Å². The zero-order chi connectivity index (χ0) is 13.7. The van der Waals surface area contributed by atoms with E-state index in [0.717, 1.165) is 17.7 Å². The number of hydrogen-bond acceptors (Lipinski definition) is 5. The quantitative estimate of drug-likeness (QED) is 0.832. The largest absolute Gasteiger partial charge is 0.496 e. The Balaban J connectivity index is 2.16. The van der Waals surface area contributed by atoms with Crippen LogP contribution in [-0.2, 0) is 0 Å². The summed E-state index contributed by atoms with van der Waals surface area (Å²) in [6.07, 6.45) is 0.947. The molecule has 6 heteroatoms. The van der Waals surface area contributed by atoms with E-state index >= 15 is 0 Å². The van der Waals surface area contributed by atoms with E-state index in [0.29, 0.717) is 5.82 Å². The molecule has 102 valence electrons. The minimum Gasteiger partial charge on any atom is -0.496 e. The van der Waals surface area contributed by atoms with Crippen molar-refractivity contribution >= 4 is 0 Å². The molecule has 1 aromatic heterocycles. The molecule has 0 aliphatic carbocycles. The summed E-state index contributed by atoms with van der Waals surface area (Å²) in [5.74, 6) is 1.55. The van der Waals surface area contributed by atoms with Crippen LogP contribution in [0.5, 0.6) is 5.75 Å². The van der Waals surface area contributed by atoms with Gasteiger partial charge in [0, 0.05) is 11.6 Å². The zero-order valence-electron chi connectivity index (χ0n) is 11.4. The molecule has 0 aliphatic rings. The average molecular weight is 261 g/mol. The van der Waals surface area contributed by atoms with Crippen molar-refractivity contribution in [3.63, 3.8) is 0 Å². The Morgan fingerprint density at radius 3 is 2.79 bits per heavy atom. The minimum absolute atomic E-state index is 0.0219. The van der Waals surface area contributed by atoms with Crippen LogP contribution >= 0.6 is 0 Å². The molecule has 0 spiro atoms. The Morgan fingerprint density at radius 1 is 1.37 bits per heavy atom. The molecule has 2 N–H and O–H groups in total. The van der Waals surface area contributed by atoms with Crippen molar-refractivity contribution in [3.8, 4) is 5.75 Å². The van der Waals surface area contributed by atoms with Gasteiger partial charge in [-0.25, -0.2) is 0 Å². The SMILES string of the molecule is CCC(NC(C)c1nn[nH]n1)c1ccccc1OC. The molecule has 1 heterocycles. The second-order valence-electron chi connectivity index (χ2n) is 4.36. The van der Waals surface area contributed by atoms with Crippen molar-refractivity contribution in [1.82, 2.24) is 25.9 Å². The molecule has 1 aromatic carbocycles. The van der Waals surface area contributed by atoms with E-state index in [4.69, 9.17) is 4.74 Å². The lowest BCUT2D eigenvalue weighted by molar-refractivity contribution is 0.385. The third-order valence-corrected chi connectivity index (χ3v) is 3.12. The molecule has 2 aromatic rings. The number of aromatic nitrogens is 4. The van der Waals surface area contributed by atoms with Gasteiger partial charge in [0.05, 0.1) is 13.2 Å². The lowest BCUT2D eigenvalue weighted by Crippen LogP contribution is -2.25. The van der Waals surface area contributed by atoms with Crippen LogP contribution in [0.25, 0.3) is 0 Å². The van der Waals surface area contributed by atoms with Gasteiger partial charge in [0.15, 0.2) is 5.82 Å². The normalized spacial score (nSPS) is 14.1. The smallest absolute Gasteiger partial charge is 0.191 e. The second kappa shape index (κ2) is 6.29. The highest BCUT2D eigenvalue weighted by molar-refractivity contribution is 5.35. The first-order valence-electron chi connectivity index (χ1n) is 6.38. The van der Waals surface area contributed by atoms with Gasteiger partial charge in [0.1, 0.15) is 5.75 Å². The summed E-state index contributed by atoms with van der Waals surface area (Å²) in [6, 6.07) is 8.24. The summed E-state index contributed by atoms with van der Waals surface area (Å²) in [5, 5.41) is 17.5. The highest BCUT2D eigenvalue weighted by Crippen LogP contribution is 2.28. The molecule has 0 aliphatic heterocycles. The number of nitrogens with zero attached hydrogens (tertiary/aromatic N) is 3. The minimum atomic E-state index is 0.0219. The molecule has 0 amide bonds. The molecule has 19 heavy (non-hydrogen) atoms. The van der Waals surface area contributed by atoms with Crippen molar-refractivity contribution in [2.45, 2.75) is 32.4 Å². The van der Waals surface area contributed by atoms with Crippen molar-refractivity contribution in [2.24, 2.45) is 0 Å². The fourth-order valence-corrected chi connectivity index (χ4v) is 2.11. The molecule has 2 unspecified atom stereocenters. The fourth-order valence-electron chi connectivity index (χ4n) is 2.11. The maximum Gasteiger partial charge on any atom is 0.191 e. The van der Waals surface area contributed by atoms with E-state index in [-0.39, 0.29) is 12.1 Å². The summed E-state index contributed by atoms with van der Waals surface area (Å²) in [6.45, 7) is 4.15. The number of ether oxygens (including phenoxy) is 1. The molecule has 0 radical (unpaired) electrons. The topological polar surface area (TPSA) is 75.7 Å². The van der Waals surface area contributed by atoms with Crippen molar-refractivity contribution in [2.75, 3.05) is 7.11 Å². The molecule has 0 saturated heterocycles. The van der Waals surface area contributed by atoms with Gasteiger partial charge in [-0.1, -0.05) is 30.3 Å². The van der Waals surface area contributed by atoms with Crippen LogP contribution in [0.4, 0.5) is 0 Å². The van der Waals surface area contributed by atoms with E-state index in [1.807, 2.05) is 25.1 Å². The van der Waals surface area contributed by atoms with Gasteiger partial charge in [-0.05, 0) is 19.4 Å². The molecular weight excluding hydrogens is 242 g/mol. The lowest BCUT2D eigenvalue weighted by Gasteiger charge is -2.22. The predicted octanol–water partition coefficient (Wildman–Crippen LogP) is 2.01. The second-order valence-corrected chi connectivity index (χ2v) is 4.36. The maximum absolute atomic E-state index is 5.41. The van der Waals surface area contributed by atoms with Gasteiger partial charge in [0.2, 0.25) is 0 Å². The first-order valence-corrected chi connectivity index (χ1v) is 6.38. The van der Waals surface area contributed by atoms with Crippen molar-refractivity contribution in [1.29, 1.82) is 0 Å². The van der Waals surface area contributed by atoms with Crippen LogP contribution in [0.1, 0.15) is 43.7 Å². The van der Waals surface area contributed by atoms with Gasteiger partial charge in [-0.3, -0.25) is 0 Å². The first-order chi connectivity index (χ1) is 9.26. The molecule has 2 atom stereocenters. The van der Waals surface area contributed by atoms with Gasteiger partial charge < -0.3 is 10.1 Å². The van der Waals surface area contributed by atoms with Crippen LogP contribution < -0.4 is 10.1 Å². The Kier molecular flexibility index (Phi) is 4.46. The van der Waals surface area contributed by atoms with Crippen LogP contribution in [0, 0.1) is 0 Å². The molecule has 0 saturated carbocycles. The van der Waals surface area contributed by atoms with E-state index in [2.05, 4.69) is 38.9 Å². The van der Waals surface area contributed by atoms with E-state index in [1.54, 1.807) is 7.11 Å². The number of tetrazole rings is 1. The van der Waals surface area contributed by atoms with E-state index < -0.39 is 0 Å². The number of rotatable bonds is 6. The summed E-state index contributed by atoms with van der Waals surface area (Å²) < 4.78 is 5.41. The van der Waals surface area contributed by atoms with Crippen LogP contribution in [0.2, 0.25) is 0 Å². The predicted molar refractivity (Wildman–Crippen MR) is 71.8 cm³/mol. The van der Waals surface area contributed by atoms with Crippen molar-refractivity contribution in [3.05, 3.63) is 35.7 Å². The third kappa shape index (κ3) is 3.08. The van der Waals surface area contributed by atoms with Gasteiger partial charge in [-0.15, -0.1) is 10.2 Å². The average Bonchev–Trinajstić information content (AvgIpc) is 2.98. The zero-order valence-corrected chi connectivity index (χ0v) is 11.4. The molecule has 0 bridgehead atoms. The number of benzene rings is 1. The highest BCUT2D eigenvalue weighted by atomic mass is 16.5. The van der Waals surface area contributed by atoms with Crippen LogP contribution in [-0.4, -0.2) is 27.7 Å². The van der Waals surface area contributed by atoms with Crippen LogP contribution in [0.3, 0.4) is 0 Å². The molecule has 6 nitrogen and oxygen atoms in total. The van der Waals surface area contributed by atoms with Gasteiger partial charge in [-0.2, -0.15) is 5.21 Å². The number of aromatic amines is 1. The van der Waals surface area contributed by atoms with Gasteiger partial charge in [0.25, 0.3) is 0 Å². The standard InChI is InChI=1S/C13H19N5O/c1-4-11(10-7-5-6-8-12(10)19-3)14-9(2)13-15-17-18-16-13/h5-9,11,14H,4H2,1-3H3,(H,15,16,17,18). The summed E-state index contributed by atoms with van der Waals surface area (Å²) in [4.78, 5) is 0. The molecule has 0 fully saturated rings. The summed E-state index contributed by atoms with van der Waals surface area (Å²) >= 11 is 0. The van der Waals surface area contributed by atoms with E-state index in [1.165, 1.54) is 0 Å². The summed E-state index contributed by atoms with van der Waals surface area (Å²) in [7, 11) is 1.69. The number of nitrogens with one attached hydrogen (secondary N) is 2. The van der Waals surface area contributed by atoms with Gasteiger partial charge >= 0.3 is 0 Å². The highest BCUT2D eigenvalue weighted by Gasteiger charge is 2.18. The van der Waals surface area contributed by atoms with Crippen molar-refractivity contribution < 1.29 is 4.74 Å². The Hall–Kier alpha value is -1.95.